The zero-order valence-corrected chi connectivity index (χ0v) is 17.4. The molecular weight excluding hydrogens is 412 g/mol. The van der Waals surface area contributed by atoms with E-state index < -0.39 is 23.7 Å². The molecule has 0 unspecified atom stereocenters. The summed E-state index contributed by atoms with van der Waals surface area (Å²) in [6, 6.07) is 20.6. The highest BCUT2D eigenvalue weighted by molar-refractivity contribution is 7.07. The summed E-state index contributed by atoms with van der Waals surface area (Å²) in [5.74, 6) is -0.555. The minimum absolute atomic E-state index is 0.313. The fourth-order valence-corrected chi connectivity index (χ4v) is 3.91. The minimum Gasteiger partial charge on any atom is -0.319 e. The predicted octanol–water partition coefficient (Wildman–Crippen LogP) is 2.10. The summed E-state index contributed by atoms with van der Waals surface area (Å²) in [6.45, 7) is 0.482. The molecule has 7 nitrogen and oxygen atoms in total. The summed E-state index contributed by atoms with van der Waals surface area (Å²) >= 11 is 1.33. The van der Waals surface area contributed by atoms with Gasteiger partial charge in [-0.3, -0.25) is 18.7 Å². The Bertz CT molecular complexity index is 1370. The first-order valence-corrected chi connectivity index (χ1v) is 10.6. The van der Waals surface area contributed by atoms with E-state index >= 15 is 0 Å². The van der Waals surface area contributed by atoms with Gasteiger partial charge in [-0.1, -0.05) is 60.7 Å². The number of carbonyl (C=O) groups is 1. The fraction of sp³-hybridized carbons (Fsp3) is 0.130. The van der Waals surface area contributed by atoms with E-state index in [4.69, 9.17) is 0 Å². The van der Waals surface area contributed by atoms with Crippen LogP contribution >= 0.6 is 11.3 Å². The van der Waals surface area contributed by atoms with Crippen LogP contribution in [-0.2, 0) is 24.4 Å². The molecule has 156 valence electrons. The zero-order valence-electron chi connectivity index (χ0n) is 16.6. The van der Waals surface area contributed by atoms with Crippen LogP contribution in [0.1, 0.15) is 11.1 Å². The molecule has 0 bridgehead atoms. The van der Waals surface area contributed by atoms with E-state index in [0.29, 0.717) is 17.9 Å². The van der Waals surface area contributed by atoms with Crippen LogP contribution in [0, 0.1) is 0 Å². The molecule has 4 rings (SSSR count). The molecule has 2 aromatic heterocycles. The van der Waals surface area contributed by atoms with E-state index in [-0.39, 0.29) is 0 Å². The van der Waals surface area contributed by atoms with Crippen LogP contribution in [0.2, 0.25) is 0 Å². The van der Waals surface area contributed by atoms with Crippen LogP contribution in [0.25, 0.3) is 0 Å². The Kier molecular flexibility index (Phi) is 6.18. The lowest BCUT2D eigenvalue weighted by Gasteiger charge is -2.08. The Morgan fingerprint density at radius 2 is 1.42 bits per heavy atom. The van der Waals surface area contributed by atoms with Crippen molar-refractivity contribution in [3.8, 4) is 0 Å². The van der Waals surface area contributed by atoms with E-state index in [9.17, 15) is 14.4 Å². The van der Waals surface area contributed by atoms with Crippen molar-refractivity contribution >= 4 is 17.2 Å². The van der Waals surface area contributed by atoms with Crippen molar-refractivity contribution in [2.24, 2.45) is 4.99 Å². The number of aromatic nitrogens is 3. The molecule has 0 atom stereocenters. The number of benzene rings is 2. The van der Waals surface area contributed by atoms with Gasteiger partial charge < -0.3 is 4.57 Å². The van der Waals surface area contributed by atoms with Gasteiger partial charge in [-0.2, -0.15) is 4.99 Å². The minimum atomic E-state index is -0.555. The molecule has 0 aliphatic carbocycles. The van der Waals surface area contributed by atoms with Gasteiger partial charge in [-0.05, 0) is 11.1 Å². The summed E-state index contributed by atoms with van der Waals surface area (Å²) in [6.07, 6.45) is 3.30. The van der Waals surface area contributed by atoms with Gasteiger partial charge in [-0.25, -0.2) is 4.79 Å². The van der Waals surface area contributed by atoms with Crippen LogP contribution in [0.5, 0.6) is 0 Å². The van der Waals surface area contributed by atoms with Crippen LogP contribution in [0.4, 0.5) is 0 Å². The second-order valence-corrected chi connectivity index (χ2v) is 7.81. The monoisotopic (exact) mass is 432 g/mol. The van der Waals surface area contributed by atoms with Gasteiger partial charge in [0.25, 0.3) is 11.5 Å². The third kappa shape index (κ3) is 5.04. The molecule has 0 spiro atoms. The number of rotatable bonds is 6. The lowest BCUT2D eigenvalue weighted by atomic mass is 10.2. The molecule has 4 aromatic rings. The molecule has 1 amide bonds. The average Bonchev–Trinajstić information content (AvgIpc) is 3.21. The quantitative estimate of drug-likeness (QED) is 0.468. The zero-order chi connectivity index (χ0) is 21.6. The van der Waals surface area contributed by atoms with Gasteiger partial charge in [-0.15, -0.1) is 11.3 Å². The molecule has 0 radical (unpaired) electrons. The number of hydrogen-bond acceptors (Lipinski definition) is 4. The van der Waals surface area contributed by atoms with E-state index in [1.807, 2.05) is 76.8 Å². The van der Waals surface area contributed by atoms with Crippen LogP contribution in [0.3, 0.4) is 0 Å². The number of hydrogen-bond donors (Lipinski definition) is 0. The largest absolute Gasteiger partial charge is 0.331 e. The molecule has 31 heavy (non-hydrogen) atoms. The first-order valence-electron chi connectivity index (χ1n) is 9.70. The van der Waals surface area contributed by atoms with Crippen molar-refractivity contribution < 1.29 is 4.79 Å². The summed E-state index contributed by atoms with van der Waals surface area (Å²) in [4.78, 5) is 42.2. The molecule has 0 fully saturated rings. The second-order valence-electron chi connectivity index (χ2n) is 6.94. The standard InChI is InChI=1S/C23H20N4O3S/c28-20(24-22-25(13-14-31-22)15-18-7-3-1-4-8-18)17-27-21(29)11-12-26(23(27)30)16-19-9-5-2-6-10-19/h1-14H,15-17H2. The highest BCUT2D eigenvalue weighted by Gasteiger charge is 2.10. The molecular formula is C23H20N4O3S. The van der Waals surface area contributed by atoms with Crippen molar-refractivity contribution in [1.29, 1.82) is 0 Å². The summed E-state index contributed by atoms with van der Waals surface area (Å²) in [7, 11) is 0. The SMILES string of the molecule is O=C(Cn1c(=O)ccn(Cc2ccccc2)c1=O)N=c1sccn1Cc1ccccc1. The Labute approximate surface area is 181 Å². The molecule has 0 aliphatic rings. The predicted molar refractivity (Wildman–Crippen MR) is 119 cm³/mol. The van der Waals surface area contributed by atoms with Gasteiger partial charge in [0.2, 0.25) is 0 Å². The van der Waals surface area contributed by atoms with Gasteiger partial charge in [0, 0.05) is 30.4 Å². The van der Waals surface area contributed by atoms with Crippen LogP contribution < -0.4 is 16.1 Å². The van der Waals surface area contributed by atoms with Gasteiger partial charge in [0.15, 0.2) is 4.80 Å². The topological polar surface area (TPSA) is 78.4 Å². The van der Waals surface area contributed by atoms with Crippen LogP contribution in [0.15, 0.2) is 99.1 Å². The smallest absolute Gasteiger partial charge is 0.319 e. The summed E-state index contributed by atoms with van der Waals surface area (Å²) in [5, 5.41) is 1.84. The molecule has 0 saturated carbocycles. The van der Waals surface area contributed by atoms with E-state index in [2.05, 4.69) is 4.99 Å². The summed E-state index contributed by atoms with van der Waals surface area (Å²) in [5.41, 5.74) is 0.939. The van der Waals surface area contributed by atoms with Crippen molar-refractivity contribution in [2.75, 3.05) is 0 Å². The normalized spacial score (nSPS) is 11.5. The molecule has 0 aliphatic heterocycles. The van der Waals surface area contributed by atoms with Crippen molar-refractivity contribution in [3.63, 3.8) is 0 Å². The van der Waals surface area contributed by atoms with Crippen LogP contribution in [-0.4, -0.2) is 19.6 Å². The number of nitrogens with zero attached hydrogens (tertiary/aromatic N) is 4. The second kappa shape index (κ2) is 9.36. The first kappa shape index (κ1) is 20.5. The molecule has 8 heteroatoms. The van der Waals surface area contributed by atoms with Crippen molar-refractivity contribution in [2.45, 2.75) is 19.6 Å². The van der Waals surface area contributed by atoms with E-state index in [1.54, 1.807) is 0 Å². The lowest BCUT2D eigenvalue weighted by Crippen LogP contribution is -2.40. The third-order valence-electron chi connectivity index (χ3n) is 4.70. The Hall–Kier alpha value is -3.78. The highest BCUT2D eigenvalue weighted by atomic mass is 32.1. The average molecular weight is 433 g/mol. The number of amides is 1. The maximum atomic E-state index is 12.8. The Balaban J connectivity index is 1.57. The highest BCUT2D eigenvalue weighted by Crippen LogP contribution is 2.02. The van der Waals surface area contributed by atoms with Gasteiger partial charge in [0.05, 0.1) is 6.54 Å². The molecule has 0 saturated heterocycles. The third-order valence-corrected chi connectivity index (χ3v) is 5.50. The number of thiazole rings is 1. The maximum Gasteiger partial charge on any atom is 0.331 e. The van der Waals surface area contributed by atoms with Crippen molar-refractivity contribution in [3.05, 3.63) is 121 Å². The Morgan fingerprint density at radius 1 is 0.806 bits per heavy atom. The van der Waals surface area contributed by atoms with E-state index in [0.717, 1.165) is 15.7 Å². The molecule has 2 heterocycles. The maximum absolute atomic E-state index is 12.8. The lowest BCUT2D eigenvalue weighted by molar-refractivity contribution is -0.118. The molecule has 2 aromatic carbocycles. The van der Waals surface area contributed by atoms with Gasteiger partial charge >= 0.3 is 5.69 Å². The van der Waals surface area contributed by atoms with Gasteiger partial charge in [0.1, 0.15) is 6.54 Å². The van der Waals surface area contributed by atoms with Crippen molar-refractivity contribution in [1.82, 2.24) is 13.7 Å². The number of carbonyl (C=O) groups excluding carboxylic acids is 1. The Morgan fingerprint density at radius 3 is 2.06 bits per heavy atom. The fourth-order valence-electron chi connectivity index (χ4n) is 3.17. The summed E-state index contributed by atoms with van der Waals surface area (Å²) < 4.78 is 4.19. The van der Waals surface area contributed by atoms with E-state index in [1.165, 1.54) is 28.2 Å². The first-order chi connectivity index (χ1) is 15.1. The molecule has 0 N–H and O–H groups in total.